The molecule has 0 aromatic heterocycles. The molecule has 1 aliphatic rings. The summed E-state index contributed by atoms with van der Waals surface area (Å²) in [6.07, 6.45) is 1.61. The van der Waals surface area contributed by atoms with Gasteiger partial charge < -0.3 is 10.2 Å². The lowest BCUT2D eigenvalue weighted by atomic mass is 9.93. The van der Waals surface area contributed by atoms with Crippen LogP contribution in [0.3, 0.4) is 0 Å². The number of aryl methyl sites for hydroxylation is 1. The fourth-order valence-corrected chi connectivity index (χ4v) is 3.46. The number of aliphatic hydroxyl groups is 2. The number of likely N-dealkylation sites (tertiary alicyclic amines) is 1. The molecule has 1 fully saturated rings. The van der Waals surface area contributed by atoms with Gasteiger partial charge in [-0.15, -0.1) is 0 Å². The third kappa shape index (κ3) is 3.81. The number of hydrogen-bond acceptors (Lipinski definition) is 3. The molecule has 122 valence electrons. The lowest BCUT2D eigenvalue weighted by molar-refractivity contribution is -0.0687. The Labute approximate surface area is 138 Å². The first-order valence-electron chi connectivity index (χ1n) is 8.30. The fourth-order valence-electron chi connectivity index (χ4n) is 3.46. The van der Waals surface area contributed by atoms with Gasteiger partial charge in [-0.2, -0.15) is 0 Å². The predicted molar refractivity (Wildman–Crippen MR) is 93.2 cm³/mol. The van der Waals surface area contributed by atoms with Gasteiger partial charge >= 0.3 is 0 Å². The molecular weight excluding hydrogens is 286 g/mol. The van der Waals surface area contributed by atoms with Gasteiger partial charge in [0.2, 0.25) is 0 Å². The average molecular weight is 311 g/mol. The molecule has 1 atom stereocenters. The summed E-state index contributed by atoms with van der Waals surface area (Å²) >= 11 is 0. The van der Waals surface area contributed by atoms with E-state index in [1.54, 1.807) is 0 Å². The minimum atomic E-state index is -0.939. The van der Waals surface area contributed by atoms with Crippen molar-refractivity contribution in [3.63, 3.8) is 0 Å². The molecule has 2 N–H and O–H groups in total. The Morgan fingerprint density at radius 3 is 2.74 bits per heavy atom. The molecule has 0 bridgehead atoms. The first-order chi connectivity index (χ1) is 11.1. The molecule has 23 heavy (non-hydrogen) atoms. The van der Waals surface area contributed by atoms with E-state index in [0.29, 0.717) is 13.0 Å². The molecule has 0 amide bonds. The Kier molecular flexibility index (Phi) is 4.81. The van der Waals surface area contributed by atoms with Crippen molar-refractivity contribution in [3.05, 3.63) is 59.7 Å². The Hall–Kier alpha value is -1.68. The SMILES string of the molecule is Cc1ccccc1-c1cccc(CN2CCCC(O)(CO)C2)c1. The van der Waals surface area contributed by atoms with E-state index in [0.717, 1.165) is 19.5 Å². The third-order valence-electron chi connectivity index (χ3n) is 4.72. The van der Waals surface area contributed by atoms with Crippen molar-refractivity contribution in [1.82, 2.24) is 4.90 Å². The number of nitrogens with zero attached hydrogens (tertiary/aromatic N) is 1. The summed E-state index contributed by atoms with van der Waals surface area (Å²) < 4.78 is 0. The predicted octanol–water partition coefficient (Wildman–Crippen LogP) is 2.98. The Morgan fingerprint density at radius 2 is 1.96 bits per heavy atom. The van der Waals surface area contributed by atoms with Crippen LogP contribution < -0.4 is 0 Å². The summed E-state index contributed by atoms with van der Waals surface area (Å²) in [6.45, 7) is 4.29. The minimum Gasteiger partial charge on any atom is -0.393 e. The van der Waals surface area contributed by atoms with Gasteiger partial charge in [-0.05, 0) is 54.6 Å². The van der Waals surface area contributed by atoms with E-state index in [4.69, 9.17) is 0 Å². The molecule has 3 heteroatoms. The number of rotatable bonds is 4. The van der Waals surface area contributed by atoms with Gasteiger partial charge in [-0.25, -0.2) is 0 Å². The third-order valence-corrected chi connectivity index (χ3v) is 4.72. The van der Waals surface area contributed by atoms with Gasteiger partial charge in [0.15, 0.2) is 0 Å². The van der Waals surface area contributed by atoms with Gasteiger partial charge in [-0.3, -0.25) is 4.90 Å². The zero-order valence-electron chi connectivity index (χ0n) is 13.7. The van der Waals surface area contributed by atoms with Gasteiger partial charge in [-0.1, -0.05) is 42.5 Å². The van der Waals surface area contributed by atoms with Crippen LogP contribution in [0.1, 0.15) is 24.0 Å². The number of aliphatic hydroxyl groups excluding tert-OH is 1. The zero-order chi connectivity index (χ0) is 16.3. The molecule has 3 nitrogen and oxygen atoms in total. The monoisotopic (exact) mass is 311 g/mol. The molecule has 3 rings (SSSR count). The largest absolute Gasteiger partial charge is 0.393 e. The summed E-state index contributed by atoms with van der Waals surface area (Å²) in [7, 11) is 0. The normalized spacial score (nSPS) is 22.2. The first kappa shape index (κ1) is 16.2. The van der Waals surface area contributed by atoms with E-state index in [1.807, 2.05) is 0 Å². The molecular formula is C20H25NO2. The topological polar surface area (TPSA) is 43.7 Å². The van der Waals surface area contributed by atoms with Crippen molar-refractivity contribution in [1.29, 1.82) is 0 Å². The second-order valence-electron chi connectivity index (χ2n) is 6.71. The number of piperidine rings is 1. The van der Waals surface area contributed by atoms with Crippen molar-refractivity contribution in [3.8, 4) is 11.1 Å². The van der Waals surface area contributed by atoms with E-state index < -0.39 is 5.60 Å². The van der Waals surface area contributed by atoms with Crippen LogP contribution in [0.4, 0.5) is 0 Å². The average Bonchev–Trinajstić information content (AvgIpc) is 2.56. The molecule has 1 heterocycles. The molecule has 1 saturated heterocycles. The standard InChI is InChI=1S/C20H25NO2/c1-16-6-2-3-9-19(16)18-8-4-7-17(12-18)13-21-11-5-10-20(23,14-21)15-22/h2-4,6-9,12,22-23H,5,10-11,13-15H2,1H3. The summed E-state index contributed by atoms with van der Waals surface area (Å²) in [6, 6.07) is 17.0. The van der Waals surface area contributed by atoms with Crippen molar-refractivity contribution >= 4 is 0 Å². The Morgan fingerprint density at radius 1 is 1.13 bits per heavy atom. The van der Waals surface area contributed by atoms with Crippen molar-refractivity contribution in [2.24, 2.45) is 0 Å². The summed E-state index contributed by atoms with van der Waals surface area (Å²) in [5.74, 6) is 0. The van der Waals surface area contributed by atoms with Gasteiger partial charge in [0, 0.05) is 13.1 Å². The highest BCUT2D eigenvalue weighted by Crippen LogP contribution is 2.26. The molecule has 0 spiro atoms. The van der Waals surface area contributed by atoms with Gasteiger partial charge in [0.25, 0.3) is 0 Å². The van der Waals surface area contributed by atoms with Crippen molar-refractivity contribution in [2.45, 2.75) is 31.9 Å². The van der Waals surface area contributed by atoms with Gasteiger partial charge in [0.05, 0.1) is 6.61 Å². The lowest BCUT2D eigenvalue weighted by Gasteiger charge is -2.38. The highest BCUT2D eigenvalue weighted by atomic mass is 16.3. The molecule has 0 aliphatic carbocycles. The quantitative estimate of drug-likeness (QED) is 0.912. The molecule has 0 saturated carbocycles. The lowest BCUT2D eigenvalue weighted by Crippen LogP contribution is -2.50. The maximum atomic E-state index is 10.3. The van der Waals surface area contributed by atoms with Crippen LogP contribution in [0.25, 0.3) is 11.1 Å². The van der Waals surface area contributed by atoms with Crippen LogP contribution in [0.15, 0.2) is 48.5 Å². The molecule has 2 aromatic rings. The summed E-state index contributed by atoms with van der Waals surface area (Å²) in [4.78, 5) is 2.23. The first-order valence-corrected chi connectivity index (χ1v) is 8.30. The minimum absolute atomic E-state index is 0.160. The van der Waals surface area contributed by atoms with Gasteiger partial charge in [0.1, 0.15) is 5.60 Å². The zero-order valence-corrected chi connectivity index (χ0v) is 13.7. The van der Waals surface area contributed by atoms with Crippen LogP contribution in [0, 0.1) is 6.92 Å². The summed E-state index contributed by atoms with van der Waals surface area (Å²) in [5, 5.41) is 19.7. The van der Waals surface area contributed by atoms with Crippen LogP contribution >= 0.6 is 0 Å². The molecule has 1 unspecified atom stereocenters. The van der Waals surface area contributed by atoms with Crippen LogP contribution in [-0.2, 0) is 6.54 Å². The van der Waals surface area contributed by atoms with E-state index in [1.165, 1.54) is 22.3 Å². The van der Waals surface area contributed by atoms with Crippen LogP contribution in [0.2, 0.25) is 0 Å². The second-order valence-corrected chi connectivity index (χ2v) is 6.71. The number of hydrogen-bond donors (Lipinski definition) is 2. The second kappa shape index (κ2) is 6.83. The van der Waals surface area contributed by atoms with E-state index in [-0.39, 0.29) is 6.61 Å². The highest BCUT2D eigenvalue weighted by Gasteiger charge is 2.32. The smallest absolute Gasteiger partial charge is 0.100 e. The van der Waals surface area contributed by atoms with Crippen molar-refractivity contribution in [2.75, 3.05) is 19.7 Å². The van der Waals surface area contributed by atoms with Crippen molar-refractivity contribution < 1.29 is 10.2 Å². The summed E-state index contributed by atoms with van der Waals surface area (Å²) in [5.41, 5.74) is 4.08. The number of benzene rings is 2. The number of β-amino-alcohol motifs (C(OH)–C–C–N with tert-alkyl or cyclic N) is 1. The van der Waals surface area contributed by atoms with Crippen LogP contribution in [0.5, 0.6) is 0 Å². The molecule has 1 aliphatic heterocycles. The Balaban J connectivity index is 1.77. The molecule has 0 radical (unpaired) electrons. The molecule has 2 aromatic carbocycles. The van der Waals surface area contributed by atoms with E-state index in [9.17, 15) is 10.2 Å². The fraction of sp³-hybridized carbons (Fsp3) is 0.400. The maximum absolute atomic E-state index is 10.3. The maximum Gasteiger partial charge on any atom is 0.100 e. The highest BCUT2D eigenvalue weighted by molar-refractivity contribution is 5.67. The van der Waals surface area contributed by atoms with E-state index in [2.05, 4.69) is 60.4 Å². The Bertz CT molecular complexity index is 670. The van der Waals surface area contributed by atoms with Crippen LogP contribution in [-0.4, -0.2) is 40.4 Å². The van der Waals surface area contributed by atoms with E-state index >= 15 is 0 Å².